The summed E-state index contributed by atoms with van der Waals surface area (Å²) in [5.74, 6) is 0.678. The van der Waals surface area contributed by atoms with Crippen LogP contribution in [0.5, 0.6) is 5.75 Å². The molecule has 0 saturated heterocycles. The van der Waals surface area contributed by atoms with Crippen LogP contribution < -0.4 is 9.88 Å². The van der Waals surface area contributed by atoms with E-state index < -0.39 is 10.0 Å². The van der Waals surface area contributed by atoms with Crippen molar-refractivity contribution < 1.29 is 13.2 Å². The van der Waals surface area contributed by atoms with Crippen molar-refractivity contribution in [3.05, 3.63) is 34.9 Å². The van der Waals surface area contributed by atoms with E-state index in [0.29, 0.717) is 17.9 Å². The van der Waals surface area contributed by atoms with E-state index in [1.807, 2.05) is 19.9 Å². The third-order valence-corrected chi connectivity index (χ3v) is 3.56. The van der Waals surface area contributed by atoms with E-state index in [-0.39, 0.29) is 4.90 Å². The summed E-state index contributed by atoms with van der Waals surface area (Å²) < 4.78 is 28.3. The van der Waals surface area contributed by atoms with Crippen LogP contribution in [0.4, 0.5) is 0 Å². The van der Waals surface area contributed by atoms with Crippen molar-refractivity contribution in [1.29, 1.82) is 0 Å². The molecule has 0 aromatic heterocycles. The lowest BCUT2D eigenvalue weighted by molar-refractivity contribution is 0.359. The first-order chi connectivity index (χ1) is 8.21. The van der Waals surface area contributed by atoms with Crippen molar-refractivity contribution in [3.8, 4) is 5.75 Å². The van der Waals surface area contributed by atoms with E-state index in [0.717, 1.165) is 5.56 Å². The molecular formula is C13H19NO3S. The Morgan fingerprint density at radius 3 is 2.39 bits per heavy atom. The monoisotopic (exact) mass is 269 g/mol. The number of primary sulfonamides is 1. The van der Waals surface area contributed by atoms with E-state index in [2.05, 4.69) is 0 Å². The van der Waals surface area contributed by atoms with Gasteiger partial charge in [-0.3, -0.25) is 0 Å². The highest BCUT2D eigenvalue weighted by atomic mass is 32.2. The summed E-state index contributed by atoms with van der Waals surface area (Å²) in [6.45, 7) is 7.95. The average Bonchev–Trinajstić information content (AvgIpc) is 2.20. The van der Waals surface area contributed by atoms with E-state index >= 15 is 0 Å². The molecule has 1 rings (SSSR count). The third kappa shape index (κ3) is 3.85. The normalized spacial score (nSPS) is 11.2. The van der Waals surface area contributed by atoms with Gasteiger partial charge in [-0.2, -0.15) is 0 Å². The number of sulfonamides is 1. The summed E-state index contributed by atoms with van der Waals surface area (Å²) >= 11 is 0. The Morgan fingerprint density at radius 1 is 1.28 bits per heavy atom. The molecule has 0 radical (unpaired) electrons. The maximum atomic E-state index is 11.3. The average molecular weight is 269 g/mol. The van der Waals surface area contributed by atoms with Crippen LogP contribution in [-0.2, 0) is 10.0 Å². The Labute approximate surface area is 109 Å². The molecule has 0 bridgehead atoms. The lowest BCUT2D eigenvalue weighted by Gasteiger charge is -2.11. The third-order valence-electron chi connectivity index (χ3n) is 2.51. The van der Waals surface area contributed by atoms with Gasteiger partial charge in [0.25, 0.3) is 0 Å². The number of hydrogen-bond acceptors (Lipinski definition) is 3. The summed E-state index contributed by atoms with van der Waals surface area (Å²) in [5, 5.41) is 5.14. The van der Waals surface area contributed by atoms with Gasteiger partial charge in [0.05, 0.1) is 4.90 Å². The van der Waals surface area contributed by atoms with Crippen LogP contribution in [0.15, 0.2) is 28.7 Å². The Balaban J connectivity index is 3.05. The Kier molecular flexibility index (Phi) is 4.53. The lowest BCUT2D eigenvalue weighted by atomic mass is 10.1. The maximum absolute atomic E-state index is 11.3. The summed E-state index contributed by atoms with van der Waals surface area (Å²) in [5.41, 5.74) is 2.52. The van der Waals surface area contributed by atoms with Crippen LogP contribution in [0.25, 0.3) is 0 Å². The zero-order chi connectivity index (χ0) is 13.9. The number of nitrogens with two attached hydrogens (primary N) is 1. The van der Waals surface area contributed by atoms with Gasteiger partial charge in [-0.25, -0.2) is 13.6 Å². The minimum Gasteiger partial charge on any atom is -0.489 e. The van der Waals surface area contributed by atoms with Crippen LogP contribution in [0.2, 0.25) is 0 Å². The minimum absolute atomic E-state index is 0.148. The summed E-state index contributed by atoms with van der Waals surface area (Å²) in [6.07, 6.45) is 1.96. The predicted octanol–water partition coefficient (Wildman–Crippen LogP) is 2.30. The second-order valence-electron chi connectivity index (χ2n) is 4.52. The fraction of sp³-hybridized carbons (Fsp3) is 0.385. The molecule has 100 valence electrons. The largest absolute Gasteiger partial charge is 0.489 e. The minimum atomic E-state index is -3.67. The molecule has 2 N–H and O–H groups in total. The number of aryl methyl sites for hydroxylation is 2. The Bertz CT molecular complexity index is 570. The van der Waals surface area contributed by atoms with Crippen molar-refractivity contribution in [1.82, 2.24) is 0 Å². The molecule has 1 aromatic carbocycles. The van der Waals surface area contributed by atoms with Gasteiger partial charge < -0.3 is 4.74 Å². The van der Waals surface area contributed by atoms with Gasteiger partial charge in [0.1, 0.15) is 12.4 Å². The summed E-state index contributed by atoms with van der Waals surface area (Å²) in [4.78, 5) is 0.148. The maximum Gasteiger partial charge on any atom is 0.238 e. The first-order valence-electron chi connectivity index (χ1n) is 5.62. The van der Waals surface area contributed by atoms with Crippen LogP contribution >= 0.6 is 0 Å². The second kappa shape index (κ2) is 5.54. The van der Waals surface area contributed by atoms with E-state index in [1.165, 1.54) is 5.57 Å². The molecule has 5 heteroatoms. The number of benzene rings is 1. The standard InChI is InChI=1S/C13H19NO3S/c1-9(2)5-6-17-12-7-11(4)13(8-10(12)3)18(14,15)16/h5,7-8H,6H2,1-4H3,(H2,14,15,16). The fourth-order valence-corrected chi connectivity index (χ4v) is 2.37. The smallest absolute Gasteiger partial charge is 0.238 e. The van der Waals surface area contributed by atoms with E-state index in [4.69, 9.17) is 9.88 Å². The molecule has 0 spiro atoms. The second-order valence-corrected chi connectivity index (χ2v) is 6.05. The highest BCUT2D eigenvalue weighted by Crippen LogP contribution is 2.25. The molecule has 18 heavy (non-hydrogen) atoms. The molecule has 0 saturated carbocycles. The zero-order valence-corrected chi connectivity index (χ0v) is 12.0. The predicted molar refractivity (Wildman–Crippen MR) is 72.2 cm³/mol. The number of hydrogen-bond donors (Lipinski definition) is 1. The van der Waals surface area contributed by atoms with Crippen LogP contribution in [0.1, 0.15) is 25.0 Å². The Morgan fingerprint density at radius 2 is 1.89 bits per heavy atom. The van der Waals surface area contributed by atoms with Gasteiger partial charge in [-0.1, -0.05) is 5.57 Å². The van der Waals surface area contributed by atoms with Gasteiger partial charge >= 0.3 is 0 Å². The number of rotatable bonds is 4. The van der Waals surface area contributed by atoms with Gasteiger partial charge in [-0.15, -0.1) is 0 Å². The summed E-state index contributed by atoms with van der Waals surface area (Å²) in [6, 6.07) is 3.25. The highest BCUT2D eigenvalue weighted by molar-refractivity contribution is 7.89. The molecule has 0 fully saturated rings. The van der Waals surface area contributed by atoms with E-state index in [1.54, 1.807) is 26.0 Å². The molecule has 0 heterocycles. The van der Waals surface area contributed by atoms with Crippen molar-refractivity contribution in [2.45, 2.75) is 32.6 Å². The van der Waals surface area contributed by atoms with Crippen LogP contribution in [-0.4, -0.2) is 15.0 Å². The first-order valence-corrected chi connectivity index (χ1v) is 7.16. The highest BCUT2D eigenvalue weighted by Gasteiger charge is 2.14. The molecule has 0 aliphatic heterocycles. The molecule has 0 aliphatic carbocycles. The first kappa shape index (κ1) is 14.7. The molecule has 0 unspecified atom stereocenters. The number of ether oxygens (including phenoxy) is 1. The quantitative estimate of drug-likeness (QED) is 0.853. The lowest BCUT2D eigenvalue weighted by Crippen LogP contribution is -2.14. The van der Waals surface area contributed by atoms with Gasteiger partial charge in [0.2, 0.25) is 10.0 Å². The molecular weight excluding hydrogens is 250 g/mol. The number of allylic oxidation sites excluding steroid dienone is 1. The molecule has 0 aliphatic rings. The van der Waals surface area contributed by atoms with Crippen molar-refractivity contribution >= 4 is 10.0 Å². The fourth-order valence-electron chi connectivity index (χ4n) is 1.52. The topological polar surface area (TPSA) is 69.4 Å². The van der Waals surface area contributed by atoms with Crippen molar-refractivity contribution in [2.75, 3.05) is 6.61 Å². The van der Waals surface area contributed by atoms with Gasteiger partial charge in [0, 0.05) is 0 Å². The zero-order valence-electron chi connectivity index (χ0n) is 11.1. The van der Waals surface area contributed by atoms with Crippen molar-refractivity contribution in [2.24, 2.45) is 5.14 Å². The molecule has 4 nitrogen and oxygen atoms in total. The van der Waals surface area contributed by atoms with Crippen molar-refractivity contribution in [3.63, 3.8) is 0 Å². The van der Waals surface area contributed by atoms with Crippen LogP contribution in [0.3, 0.4) is 0 Å². The SMILES string of the molecule is CC(C)=CCOc1cc(C)c(S(N)(=O)=O)cc1C. The molecule has 0 amide bonds. The van der Waals surface area contributed by atoms with Gasteiger partial charge in [0.15, 0.2) is 0 Å². The summed E-state index contributed by atoms with van der Waals surface area (Å²) in [7, 11) is -3.67. The Hall–Kier alpha value is -1.33. The molecule has 0 atom stereocenters. The van der Waals surface area contributed by atoms with Gasteiger partial charge in [-0.05, 0) is 57.0 Å². The van der Waals surface area contributed by atoms with Crippen LogP contribution in [0, 0.1) is 13.8 Å². The van der Waals surface area contributed by atoms with E-state index in [9.17, 15) is 8.42 Å². The molecule has 1 aromatic rings.